The molecule has 0 aliphatic carbocycles. The molecule has 0 fully saturated rings. The molecule has 9 aromatic rings. The first-order chi connectivity index (χ1) is 22.3. The first kappa shape index (κ1) is 25.9. The number of hydrogen-bond donors (Lipinski definition) is 0. The maximum absolute atomic E-state index is 2.37. The van der Waals surface area contributed by atoms with Crippen LogP contribution in [0.4, 0.5) is 0 Å². The van der Waals surface area contributed by atoms with E-state index >= 15 is 0 Å². The average Bonchev–Trinajstić information content (AvgIpc) is 3.55. The molecule has 1 heterocycles. The zero-order valence-electron chi connectivity index (χ0n) is 24.6. The monoisotopic (exact) mass is 588 g/mol. The Morgan fingerprint density at radius 3 is 1.51 bits per heavy atom. The van der Waals surface area contributed by atoms with Gasteiger partial charge in [0, 0.05) is 9.58 Å². The van der Waals surface area contributed by atoms with Gasteiger partial charge in [0.05, 0.1) is 0 Å². The van der Waals surface area contributed by atoms with Gasteiger partial charge in [-0.25, -0.2) is 0 Å². The summed E-state index contributed by atoms with van der Waals surface area (Å²) >= 11 is 1.86. The second-order valence-electron chi connectivity index (χ2n) is 11.7. The molecule has 0 amide bonds. The lowest BCUT2D eigenvalue weighted by molar-refractivity contribution is 1.63. The molecule has 0 aliphatic rings. The molecule has 45 heavy (non-hydrogen) atoms. The predicted molar refractivity (Wildman–Crippen MR) is 196 cm³/mol. The molecule has 0 radical (unpaired) electrons. The lowest BCUT2D eigenvalue weighted by Crippen LogP contribution is -1.91. The van der Waals surface area contributed by atoms with Crippen LogP contribution in [0.3, 0.4) is 0 Å². The minimum Gasteiger partial charge on any atom is -0.135 e. The molecule has 0 unspecified atom stereocenters. The molecular weight excluding hydrogens is 561 g/mol. The largest absolute Gasteiger partial charge is 0.135 e. The topological polar surface area (TPSA) is 0 Å². The van der Waals surface area contributed by atoms with Crippen molar-refractivity contribution < 1.29 is 0 Å². The van der Waals surface area contributed by atoms with Crippen molar-refractivity contribution in [3.05, 3.63) is 170 Å². The number of thiophene rings is 1. The SMILES string of the molecule is c1cc(-c2cc3ccccc3s2)cc(-c2c3ccccc3c(-c3ccc(-c4cccc5ccccc45)cc3)c3ccccc23)c1. The summed E-state index contributed by atoms with van der Waals surface area (Å²) in [6, 6.07) is 62.2. The van der Waals surface area contributed by atoms with Gasteiger partial charge in [0.15, 0.2) is 0 Å². The summed E-state index contributed by atoms with van der Waals surface area (Å²) in [7, 11) is 0. The lowest BCUT2D eigenvalue weighted by atomic mass is 9.85. The molecule has 0 bridgehead atoms. The predicted octanol–water partition coefficient (Wildman–Crippen LogP) is 13.0. The van der Waals surface area contributed by atoms with Crippen molar-refractivity contribution >= 4 is 53.7 Å². The standard InChI is InChI=1S/C44H28S/c1-3-16-35-29(11-1)13-10-21-36(35)30-23-25-31(26-24-30)43-37-17-4-6-19-39(37)44(40-20-7-5-18-38(40)43)34-15-9-14-32(27-34)42-28-33-12-2-8-22-41(33)45-42/h1-28H. The van der Waals surface area contributed by atoms with E-state index < -0.39 is 0 Å². The van der Waals surface area contributed by atoms with Crippen LogP contribution in [0.5, 0.6) is 0 Å². The molecule has 1 heteroatoms. The Balaban J connectivity index is 1.23. The summed E-state index contributed by atoms with van der Waals surface area (Å²) in [5.41, 5.74) is 8.82. The summed E-state index contributed by atoms with van der Waals surface area (Å²) in [6.07, 6.45) is 0. The van der Waals surface area contributed by atoms with Crippen molar-refractivity contribution in [2.45, 2.75) is 0 Å². The quantitative estimate of drug-likeness (QED) is 0.179. The van der Waals surface area contributed by atoms with Gasteiger partial charge in [-0.15, -0.1) is 11.3 Å². The molecule has 0 aliphatic heterocycles. The van der Waals surface area contributed by atoms with Gasteiger partial charge in [-0.1, -0.05) is 152 Å². The van der Waals surface area contributed by atoms with Crippen LogP contribution in [0.1, 0.15) is 0 Å². The van der Waals surface area contributed by atoms with E-state index in [9.17, 15) is 0 Å². The summed E-state index contributed by atoms with van der Waals surface area (Å²) in [5, 5.41) is 8.95. The van der Waals surface area contributed by atoms with Crippen molar-refractivity contribution in [3.63, 3.8) is 0 Å². The molecule has 9 rings (SSSR count). The third-order valence-corrected chi connectivity index (χ3v) is 10.2. The zero-order valence-corrected chi connectivity index (χ0v) is 25.4. The highest BCUT2D eigenvalue weighted by Crippen LogP contribution is 2.45. The van der Waals surface area contributed by atoms with E-state index in [0.29, 0.717) is 0 Å². The van der Waals surface area contributed by atoms with Gasteiger partial charge in [-0.3, -0.25) is 0 Å². The summed E-state index contributed by atoms with van der Waals surface area (Å²) in [4.78, 5) is 1.30. The van der Waals surface area contributed by atoms with E-state index in [4.69, 9.17) is 0 Å². The van der Waals surface area contributed by atoms with Crippen LogP contribution in [0, 0.1) is 0 Å². The third kappa shape index (κ3) is 4.36. The highest BCUT2D eigenvalue weighted by atomic mass is 32.1. The van der Waals surface area contributed by atoms with E-state index in [0.717, 1.165) is 0 Å². The van der Waals surface area contributed by atoms with Crippen molar-refractivity contribution in [2.75, 3.05) is 0 Å². The van der Waals surface area contributed by atoms with Crippen LogP contribution >= 0.6 is 11.3 Å². The summed E-state index contributed by atoms with van der Waals surface area (Å²) in [6.45, 7) is 0. The molecule has 0 saturated carbocycles. The van der Waals surface area contributed by atoms with Crippen molar-refractivity contribution in [3.8, 4) is 43.8 Å². The van der Waals surface area contributed by atoms with Crippen LogP contribution in [-0.2, 0) is 0 Å². The van der Waals surface area contributed by atoms with E-state index in [2.05, 4.69) is 170 Å². The Morgan fingerprint density at radius 2 is 0.822 bits per heavy atom. The fourth-order valence-electron chi connectivity index (χ4n) is 7.00. The van der Waals surface area contributed by atoms with Gasteiger partial charge >= 0.3 is 0 Å². The number of benzene rings is 8. The van der Waals surface area contributed by atoms with Gasteiger partial charge < -0.3 is 0 Å². The van der Waals surface area contributed by atoms with Gasteiger partial charge in [-0.2, -0.15) is 0 Å². The molecule has 0 N–H and O–H groups in total. The van der Waals surface area contributed by atoms with E-state index in [1.807, 2.05) is 11.3 Å². The first-order valence-electron chi connectivity index (χ1n) is 15.4. The van der Waals surface area contributed by atoms with Crippen LogP contribution in [0.25, 0.3) is 86.2 Å². The molecule has 0 nitrogen and oxygen atoms in total. The van der Waals surface area contributed by atoms with Crippen molar-refractivity contribution in [1.82, 2.24) is 0 Å². The third-order valence-electron chi connectivity index (χ3n) is 9.07. The van der Waals surface area contributed by atoms with Crippen LogP contribution < -0.4 is 0 Å². The number of hydrogen-bond acceptors (Lipinski definition) is 1. The minimum absolute atomic E-state index is 1.23. The zero-order chi connectivity index (χ0) is 29.7. The summed E-state index contributed by atoms with van der Waals surface area (Å²) < 4.78 is 1.32. The van der Waals surface area contributed by atoms with E-state index in [1.165, 1.54) is 86.2 Å². The molecule has 0 atom stereocenters. The molecule has 8 aromatic carbocycles. The van der Waals surface area contributed by atoms with Crippen molar-refractivity contribution in [2.24, 2.45) is 0 Å². The van der Waals surface area contributed by atoms with Crippen LogP contribution in [0.2, 0.25) is 0 Å². The first-order valence-corrected chi connectivity index (χ1v) is 16.2. The second-order valence-corrected chi connectivity index (χ2v) is 12.8. The Morgan fingerprint density at radius 1 is 0.311 bits per heavy atom. The van der Waals surface area contributed by atoms with Gasteiger partial charge in [0.2, 0.25) is 0 Å². The minimum atomic E-state index is 1.23. The Bertz CT molecular complexity index is 2440. The average molecular weight is 589 g/mol. The number of rotatable bonds is 4. The maximum atomic E-state index is 2.37. The second kappa shape index (κ2) is 10.6. The van der Waals surface area contributed by atoms with Gasteiger partial charge in [0.25, 0.3) is 0 Å². The fraction of sp³-hybridized carbons (Fsp3) is 0. The highest BCUT2D eigenvalue weighted by Gasteiger charge is 2.17. The smallest absolute Gasteiger partial charge is 0.0355 e. The fourth-order valence-corrected chi connectivity index (χ4v) is 8.06. The highest BCUT2D eigenvalue weighted by molar-refractivity contribution is 7.22. The van der Waals surface area contributed by atoms with Gasteiger partial charge in [0.1, 0.15) is 0 Å². The van der Waals surface area contributed by atoms with E-state index in [1.54, 1.807) is 0 Å². The Hall–Kier alpha value is -5.50. The van der Waals surface area contributed by atoms with E-state index in [-0.39, 0.29) is 0 Å². The van der Waals surface area contributed by atoms with Crippen molar-refractivity contribution in [1.29, 1.82) is 0 Å². The molecule has 1 aromatic heterocycles. The molecule has 0 saturated heterocycles. The lowest BCUT2D eigenvalue weighted by Gasteiger charge is -2.18. The number of fused-ring (bicyclic) bond motifs is 4. The summed E-state index contributed by atoms with van der Waals surface area (Å²) in [5.74, 6) is 0. The van der Waals surface area contributed by atoms with Gasteiger partial charge in [-0.05, 0) is 94.8 Å². The Labute approximate surface area is 266 Å². The normalized spacial score (nSPS) is 11.6. The maximum Gasteiger partial charge on any atom is 0.0355 e. The Kier molecular flexibility index (Phi) is 6.11. The van der Waals surface area contributed by atoms with Crippen LogP contribution in [0.15, 0.2) is 170 Å². The van der Waals surface area contributed by atoms with Crippen LogP contribution in [-0.4, -0.2) is 0 Å². The molecule has 0 spiro atoms. The molecule has 210 valence electrons. The molecular formula is C44H28S.